The molecule has 1 saturated carbocycles. The molecule has 2 aromatic carbocycles. The second kappa shape index (κ2) is 9.84. The van der Waals surface area contributed by atoms with Crippen LogP contribution >= 0.6 is 12.4 Å². The number of fused-ring (bicyclic) bond motifs is 1. The Labute approximate surface area is 185 Å². The third-order valence-electron chi connectivity index (χ3n) is 6.24. The van der Waals surface area contributed by atoms with Crippen molar-refractivity contribution in [3.63, 3.8) is 0 Å². The normalized spacial score (nSPS) is 15.7. The first kappa shape index (κ1) is 22.6. The monoisotopic (exact) mass is 428 g/mol. The number of ether oxygens (including phenoxy) is 1. The van der Waals surface area contributed by atoms with E-state index in [2.05, 4.69) is 49.6 Å². The first-order valence-electron chi connectivity index (χ1n) is 10.9. The number of imidazole rings is 1. The van der Waals surface area contributed by atoms with Crippen LogP contribution in [0.2, 0.25) is 0 Å². The van der Waals surface area contributed by atoms with Crippen molar-refractivity contribution in [1.29, 1.82) is 0 Å². The van der Waals surface area contributed by atoms with Crippen LogP contribution in [0.4, 0.5) is 0 Å². The zero-order valence-corrected chi connectivity index (χ0v) is 19.0. The van der Waals surface area contributed by atoms with Crippen LogP contribution in [0.5, 0.6) is 5.75 Å². The summed E-state index contributed by atoms with van der Waals surface area (Å²) in [6, 6.07) is 12.5. The lowest BCUT2D eigenvalue weighted by atomic mass is 9.88. The molecule has 0 bridgehead atoms. The van der Waals surface area contributed by atoms with Crippen molar-refractivity contribution in [2.45, 2.75) is 71.4 Å². The fraction of sp³-hybridized carbons (Fsp3) is 0.480. The molecule has 1 aromatic heterocycles. The highest BCUT2D eigenvalue weighted by Crippen LogP contribution is 2.34. The lowest BCUT2D eigenvalue weighted by Gasteiger charge is -2.23. The van der Waals surface area contributed by atoms with E-state index in [4.69, 9.17) is 9.72 Å². The van der Waals surface area contributed by atoms with Gasteiger partial charge >= 0.3 is 0 Å². The van der Waals surface area contributed by atoms with Crippen LogP contribution < -0.4 is 4.74 Å². The number of halogens is 1. The summed E-state index contributed by atoms with van der Waals surface area (Å²) in [7, 11) is 0. The average molecular weight is 429 g/mol. The Balaban J connectivity index is 0.00000256. The lowest BCUT2D eigenvalue weighted by Crippen LogP contribution is -2.25. The number of hydrogen-bond acceptors (Lipinski definition) is 3. The Bertz CT molecular complexity index is 992. The molecule has 4 nitrogen and oxygen atoms in total. The Morgan fingerprint density at radius 3 is 2.60 bits per heavy atom. The standard InChI is InChI=1S/C25H32N2O2.ClH/c1-17-13-18(2)19(3)24(14-17)29-16-21(28)15-27-23-12-8-7-11-22(23)26-25(27)20-9-5-4-6-10-20;/h7-8,11-14,20-21,28H,4-6,9-10,15-16H2,1-3H3;1H. The van der Waals surface area contributed by atoms with E-state index in [9.17, 15) is 5.11 Å². The molecule has 1 fully saturated rings. The molecule has 3 aromatic rings. The number of aryl methyl sites for hydroxylation is 2. The van der Waals surface area contributed by atoms with E-state index in [1.807, 2.05) is 12.1 Å². The first-order chi connectivity index (χ1) is 14.0. The maximum Gasteiger partial charge on any atom is 0.122 e. The minimum Gasteiger partial charge on any atom is -0.491 e. The largest absolute Gasteiger partial charge is 0.491 e. The number of para-hydroxylation sites is 2. The molecule has 5 heteroatoms. The van der Waals surface area contributed by atoms with Gasteiger partial charge in [-0.25, -0.2) is 4.98 Å². The van der Waals surface area contributed by atoms with Gasteiger partial charge in [0.25, 0.3) is 0 Å². The van der Waals surface area contributed by atoms with Crippen LogP contribution in [-0.2, 0) is 6.54 Å². The lowest BCUT2D eigenvalue weighted by molar-refractivity contribution is 0.0918. The summed E-state index contributed by atoms with van der Waals surface area (Å²) in [5.74, 6) is 2.49. The van der Waals surface area contributed by atoms with Gasteiger partial charge in [-0.1, -0.05) is 37.5 Å². The van der Waals surface area contributed by atoms with Crippen molar-refractivity contribution in [3.8, 4) is 5.75 Å². The van der Waals surface area contributed by atoms with Gasteiger partial charge in [-0.2, -0.15) is 0 Å². The maximum atomic E-state index is 10.8. The number of aliphatic hydroxyl groups excluding tert-OH is 1. The Morgan fingerprint density at radius 1 is 1.10 bits per heavy atom. The Kier molecular flexibility index (Phi) is 7.43. The van der Waals surface area contributed by atoms with E-state index in [-0.39, 0.29) is 19.0 Å². The molecule has 1 aliphatic rings. The second-order valence-electron chi connectivity index (χ2n) is 8.57. The molecule has 0 aliphatic heterocycles. The first-order valence-corrected chi connectivity index (χ1v) is 10.9. The van der Waals surface area contributed by atoms with Crippen molar-refractivity contribution >= 4 is 23.4 Å². The van der Waals surface area contributed by atoms with E-state index in [0.29, 0.717) is 12.5 Å². The van der Waals surface area contributed by atoms with Crippen LogP contribution in [0.3, 0.4) is 0 Å². The SMILES string of the molecule is Cc1cc(C)c(C)c(OCC(O)Cn2c(C3CCCCC3)nc3ccccc32)c1.Cl. The number of benzene rings is 2. The Morgan fingerprint density at radius 2 is 1.83 bits per heavy atom. The predicted molar refractivity (Wildman–Crippen MR) is 125 cm³/mol. The molecule has 0 amide bonds. The van der Waals surface area contributed by atoms with Gasteiger partial charge in [0.15, 0.2) is 0 Å². The van der Waals surface area contributed by atoms with Gasteiger partial charge in [0, 0.05) is 5.92 Å². The molecule has 0 saturated heterocycles. The topological polar surface area (TPSA) is 47.3 Å². The van der Waals surface area contributed by atoms with Gasteiger partial charge < -0.3 is 14.4 Å². The molecule has 1 aliphatic carbocycles. The van der Waals surface area contributed by atoms with E-state index in [1.54, 1.807) is 0 Å². The quantitative estimate of drug-likeness (QED) is 0.534. The molecule has 1 heterocycles. The second-order valence-corrected chi connectivity index (χ2v) is 8.57. The molecule has 1 N–H and O–H groups in total. The van der Waals surface area contributed by atoms with E-state index in [1.165, 1.54) is 43.2 Å². The molecule has 162 valence electrons. The predicted octanol–water partition coefficient (Wildman–Crippen LogP) is 5.87. The molecule has 0 spiro atoms. The zero-order chi connectivity index (χ0) is 20.4. The third-order valence-corrected chi connectivity index (χ3v) is 6.24. The molecule has 1 atom stereocenters. The van der Waals surface area contributed by atoms with Gasteiger partial charge in [-0.05, 0) is 68.5 Å². The highest BCUT2D eigenvalue weighted by molar-refractivity contribution is 5.85. The smallest absolute Gasteiger partial charge is 0.122 e. The van der Waals surface area contributed by atoms with Gasteiger partial charge in [0.2, 0.25) is 0 Å². The molecular weight excluding hydrogens is 396 g/mol. The minimum atomic E-state index is -0.588. The number of hydrogen-bond donors (Lipinski definition) is 1. The number of aliphatic hydroxyl groups is 1. The maximum absolute atomic E-state index is 10.8. The van der Waals surface area contributed by atoms with Gasteiger partial charge in [-0.3, -0.25) is 0 Å². The van der Waals surface area contributed by atoms with Crippen LogP contribution in [0.15, 0.2) is 36.4 Å². The summed E-state index contributed by atoms with van der Waals surface area (Å²) in [6.45, 7) is 7.03. The fourth-order valence-electron chi connectivity index (χ4n) is 4.56. The minimum absolute atomic E-state index is 0. The molecule has 1 unspecified atom stereocenters. The number of nitrogens with zero attached hydrogens (tertiary/aromatic N) is 2. The van der Waals surface area contributed by atoms with Crippen LogP contribution in [0.25, 0.3) is 11.0 Å². The summed E-state index contributed by atoms with van der Waals surface area (Å²) >= 11 is 0. The summed E-state index contributed by atoms with van der Waals surface area (Å²) in [4.78, 5) is 4.96. The van der Waals surface area contributed by atoms with Crippen LogP contribution in [-0.4, -0.2) is 27.4 Å². The van der Waals surface area contributed by atoms with E-state index >= 15 is 0 Å². The summed E-state index contributed by atoms with van der Waals surface area (Å²) in [6.07, 6.45) is 5.66. The molecular formula is C25H33ClN2O2. The highest BCUT2D eigenvalue weighted by Gasteiger charge is 2.23. The number of rotatable bonds is 6. The zero-order valence-electron chi connectivity index (χ0n) is 18.2. The van der Waals surface area contributed by atoms with Crippen molar-refractivity contribution in [2.75, 3.05) is 6.61 Å². The van der Waals surface area contributed by atoms with Crippen molar-refractivity contribution < 1.29 is 9.84 Å². The average Bonchev–Trinajstić information content (AvgIpc) is 3.09. The Hall–Kier alpha value is -2.04. The summed E-state index contributed by atoms with van der Waals surface area (Å²) < 4.78 is 8.25. The third kappa shape index (κ3) is 4.81. The van der Waals surface area contributed by atoms with Crippen molar-refractivity contribution in [2.24, 2.45) is 0 Å². The molecule has 0 radical (unpaired) electrons. The van der Waals surface area contributed by atoms with Gasteiger partial charge in [-0.15, -0.1) is 12.4 Å². The number of aromatic nitrogens is 2. The van der Waals surface area contributed by atoms with Gasteiger partial charge in [0.1, 0.15) is 24.3 Å². The van der Waals surface area contributed by atoms with E-state index in [0.717, 1.165) is 28.2 Å². The van der Waals surface area contributed by atoms with Crippen molar-refractivity contribution in [3.05, 3.63) is 58.9 Å². The fourth-order valence-corrected chi connectivity index (χ4v) is 4.56. The van der Waals surface area contributed by atoms with Gasteiger partial charge in [0.05, 0.1) is 17.6 Å². The summed E-state index contributed by atoms with van der Waals surface area (Å²) in [5, 5.41) is 10.8. The van der Waals surface area contributed by atoms with Crippen LogP contribution in [0.1, 0.15) is 60.5 Å². The van der Waals surface area contributed by atoms with Crippen molar-refractivity contribution in [1.82, 2.24) is 9.55 Å². The highest BCUT2D eigenvalue weighted by atomic mass is 35.5. The van der Waals surface area contributed by atoms with E-state index < -0.39 is 6.10 Å². The van der Waals surface area contributed by atoms with Crippen LogP contribution in [0, 0.1) is 20.8 Å². The molecule has 4 rings (SSSR count). The molecule has 30 heavy (non-hydrogen) atoms. The summed E-state index contributed by atoms with van der Waals surface area (Å²) in [5.41, 5.74) is 5.66.